The number of aromatic nitrogens is 1. The van der Waals surface area contributed by atoms with Crippen molar-refractivity contribution >= 4 is 34.3 Å². The summed E-state index contributed by atoms with van der Waals surface area (Å²) in [6.07, 6.45) is 1.35. The summed E-state index contributed by atoms with van der Waals surface area (Å²) in [5.74, 6) is -0.414. The number of benzene rings is 2. The van der Waals surface area contributed by atoms with Gasteiger partial charge in [-0.3, -0.25) is 5.43 Å². The number of hydrogen-bond donors (Lipinski definition) is 1. The van der Waals surface area contributed by atoms with Crippen LogP contribution in [0.1, 0.15) is 11.1 Å². The molecule has 0 bridgehead atoms. The molecule has 0 aliphatic heterocycles. The number of nitrogens with zero attached hydrogens (tertiary/aromatic N) is 2. The summed E-state index contributed by atoms with van der Waals surface area (Å²) in [6.45, 7) is 2.04. The van der Waals surface area contributed by atoms with Crippen LogP contribution in [0.25, 0.3) is 11.3 Å². The van der Waals surface area contributed by atoms with Gasteiger partial charge in [0.25, 0.3) is 0 Å². The molecule has 1 aromatic heterocycles. The van der Waals surface area contributed by atoms with E-state index in [2.05, 4.69) is 15.5 Å². The summed E-state index contributed by atoms with van der Waals surface area (Å²) < 4.78 is 13.6. The number of anilines is 1. The van der Waals surface area contributed by atoms with Gasteiger partial charge in [0.05, 0.1) is 16.9 Å². The Hall–Kier alpha value is -2.24. The second-order valence-electron chi connectivity index (χ2n) is 4.91. The topological polar surface area (TPSA) is 37.3 Å². The summed E-state index contributed by atoms with van der Waals surface area (Å²) in [5.41, 5.74) is 6.16. The summed E-state index contributed by atoms with van der Waals surface area (Å²) in [4.78, 5) is 4.45. The molecule has 23 heavy (non-hydrogen) atoms. The molecule has 0 atom stereocenters. The molecule has 0 unspecified atom stereocenters. The van der Waals surface area contributed by atoms with Crippen molar-refractivity contribution in [1.82, 2.24) is 4.98 Å². The Balaban J connectivity index is 1.72. The Labute approximate surface area is 142 Å². The van der Waals surface area contributed by atoms with Gasteiger partial charge in [-0.05, 0) is 19.1 Å². The van der Waals surface area contributed by atoms with Gasteiger partial charge < -0.3 is 0 Å². The van der Waals surface area contributed by atoms with Crippen LogP contribution in [0.15, 0.2) is 52.9 Å². The predicted octanol–water partition coefficient (Wildman–Crippen LogP) is 5.36. The van der Waals surface area contributed by atoms with Crippen LogP contribution < -0.4 is 5.43 Å². The van der Waals surface area contributed by atoms with Gasteiger partial charge in [0.2, 0.25) is 5.13 Å². The fourth-order valence-corrected chi connectivity index (χ4v) is 2.85. The minimum Gasteiger partial charge on any atom is -0.253 e. The van der Waals surface area contributed by atoms with E-state index in [-0.39, 0.29) is 5.56 Å². The average molecular weight is 346 g/mol. The van der Waals surface area contributed by atoms with Gasteiger partial charge in [-0.2, -0.15) is 5.10 Å². The summed E-state index contributed by atoms with van der Waals surface area (Å²) >= 11 is 7.37. The standard InChI is InChI=1S/C17H13ClFN3S/c1-11-5-7-12(8-6-11)16-10-23-17(21-16)22-20-9-13-14(18)3-2-4-15(13)19/h2-10H,1H3,(H,21,22)/b20-9-. The van der Waals surface area contributed by atoms with Crippen molar-refractivity contribution in [3.8, 4) is 11.3 Å². The van der Waals surface area contributed by atoms with E-state index in [9.17, 15) is 4.39 Å². The lowest BCUT2D eigenvalue weighted by molar-refractivity contribution is 0.626. The van der Waals surface area contributed by atoms with Crippen molar-refractivity contribution < 1.29 is 4.39 Å². The molecule has 0 aliphatic carbocycles. The van der Waals surface area contributed by atoms with Gasteiger partial charge >= 0.3 is 0 Å². The monoisotopic (exact) mass is 345 g/mol. The van der Waals surface area contributed by atoms with Crippen LogP contribution in [0.5, 0.6) is 0 Å². The highest BCUT2D eigenvalue weighted by Crippen LogP contribution is 2.25. The number of nitrogens with one attached hydrogen (secondary N) is 1. The molecule has 1 N–H and O–H groups in total. The van der Waals surface area contributed by atoms with E-state index in [4.69, 9.17) is 11.6 Å². The molecule has 0 saturated heterocycles. The Kier molecular flexibility index (Phi) is 4.69. The largest absolute Gasteiger partial charge is 0.253 e. The van der Waals surface area contributed by atoms with Gasteiger partial charge in [0.1, 0.15) is 5.82 Å². The highest BCUT2D eigenvalue weighted by molar-refractivity contribution is 7.14. The summed E-state index contributed by atoms with van der Waals surface area (Å²) in [6, 6.07) is 12.6. The third-order valence-corrected chi connectivity index (χ3v) is 4.28. The van der Waals surface area contributed by atoms with Crippen LogP contribution in [0.3, 0.4) is 0 Å². The Morgan fingerprint density at radius 2 is 2.00 bits per heavy atom. The number of halogens is 2. The van der Waals surface area contributed by atoms with Crippen LogP contribution >= 0.6 is 22.9 Å². The van der Waals surface area contributed by atoms with Crippen LogP contribution in [0.4, 0.5) is 9.52 Å². The van der Waals surface area contributed by atoms with Crippen molar-refractivity contribution in [2.75, 3.05) is 5.43 Å². The average Bonchev–Trinajstić information content (AvgIpc) is 3.00. The molecule has 3 nitrogen and oxygen atoms in total. The number of hydrogen-bond acceptors (Lipinski definition) is 4. The Bertz CT molecular complexity index is 823. The smallest absolute Gasteiger partial charge is 0.203 e. The lowest BCUT2D eigenvalue weighted by Gasteiger charge is -1.99. The second-order valence-corrected chi connectivity index (χ2v) is 6.17. The highest BCUT2D eigenvalue weighted by atomic mass is 35.5. The zero-order valence-electron chi connectivity index (χ0n) is 12.3. The van der Waals surface area contributed by atoms with Gasteiger partial charge in [0.15, 0.2) is 0 Å². The van der Waals surface area contributed by atoms with Crippen molar-refractivity contribution in [3.63, 3.8) is 0 Å². The van der Waals surface area contributed by atoms with Gasteiger partial charge in [-0.1, -0.05) is 47.5 Å². The van der Waals surface area contributed by atoms with Crippen LogP contribution in [-0.4, -0.2) is 11.2 Å². The molecule has 0 spiro atoms. The van der Waals surface area contributed by atoms with Crippen LogP contribution in [0, 0.1) is 12.7 Å². The van der Waals surface area contributed by atoms with E-state index >= 15 is 0 Å². The van der Waals surface area contributed by atoms with Gasteiger partial charge in [-0.15, -0.1) is 11.3 Å². The van der Waals surface area contributed by atoms with E-state index in [1.54, 1.807) is 12.1 Å². The van der Waals surface area contributed by atoms with Gasteiger partial charge in [0, 0.05) is 16.5 Å². The minimum atomic E-state index is -0.414. The first-order valence-electron chi connectivity index (χ1n) is 6.89. The molecule has 6 heteroatoms. The van der Waals surface area contributed by atoms with E-state index < -0.39 is 5.82 Å². The fourth-order valence-electron chi connectivity index (χ4n) is 1.97. The molecule has 1 heterocycles. The molecule has 3 aromatic rings. The molecule has 2 aromatic carbocycles. The maximum Gasteiger partial charge on any atom is 0.203 e. The first-order valence-corrected chi connectivity index (χ1v) is 8.15. The minimum absolute atomic E-state index is 0.247. The lowest BCUT2D eigenvalue weighted by Crippen LogP contribution is -1.94. The van der Waals surface area contributed by atoms with Crippen LogP contribution in [-0.2, 0) is 0 Å². The zero-order chi connectivity index (χ0) is 16.2. The van der Waals surface area contributed by atoms with Crippen molar-refractivity contribution in [3.05, 3.63) is 69.8 Å². The first-order chi connectivity index (χ1) is 11.1. The maximum atomic E-state index is 13.6. The van der Waals surface area contributed by atoms with E-state index in [1.165, 1.54) is 29.2 Å². The molecule has 0 fully saturated rings. The van der Waals surface area contributed by atoms with E-state index in [0.29, 0.717) is 10.2 Å². The highest BCUT2D eigenvalue weighted by Gasteiger charge is 2.05. The number of aryl methyl sites for hydroxylation is 1. The SMILES string of the molecule is Cc1ccc(-c2csc(N/N=C\c3c(F)cccc3Cl)n2)cc1. The first kappa shape index (κ1) is 15.6. The number of thiazole rings is 1. The predicted molar refractivity (Wildman–Crippen MR) is 94.9 cm³/mol. The molecule has 3 rings (SSSR count). The second kappa shape index (κ2) is 6.89. The quantitative estimate of drug-likeness (QED) is 0.510. The summed E-state index contributed by atoms with van der Waals surface area (Å²) in [5, 5.41) is 6.89. The van der Waals surface area contributed by atoms with Crippen molar-refractivity contribution in [2.24, 2.45) is 5.10 Å². The molecule has 0 aliphatic rings. The normalized spacial score (nSPS) is 11.1. The van der Waals surface area contributed by atoms with Crippen LogP contribution in [0.2, 0.25) is 5.02 Å². The van der Waals surface area contributed by atoms with Gasteiger partial charge in [-0.25, -0.2) is 9.37 Å². The van der Waals surface area contributed by atoms with Crippen molar-refractivity contribution in [2.45, 2.75) is 6.92 Å². The molecule has 0 amide bonds. The third kappa shape index (κ3) is 3.75. The Morgan fingerprint density at radius 1 is 1.22 bits per heavy atom. The zero-order valence-corrected chi connectivity index (χ0v) is 13.8. The molecule has 0 radical (unpaired) electrons. The molecule has 0 saturated carbocycles. The molecular formula is C17H13ClFN3S. The molecule has 116 valence electrons. The number of rotatable bonds is 4. The fraction of sp³-hybridized carbons (Fsp3) is 0.0588. The maximum absolute atomic E-state index is 13.6. The molecular weight excluding hydrogens is 333 g/mol. The lowest BCUT2D eigenvalue weighted by atomic mass is 10.1. The van der Waals surface area contributed by atoms with E-state index in [0.717, 1.165) is 11.3 Å². The summed E-state index contributed by atoms with van der Waals surface area (Å²) in [7, 11) is 0. The van der Waals surface area contributed by atoms with Crippen molar-refractivity contribution in [1.29, 1.82) is 0 Å². The number of hydrazone groups is 1. The van der Waals surface area contributed by atoms with E-state index in [1.807, 2.05) is 36.6 Å². The Morgan fingerprint density at radius 3 is 2.74 bits per heavy atom. The third-order valence-electron chi connectivity index (χ3n) is 3.21.